The fourth-order valence-corrected chi connectivity index (χ4v) is 3.24. The Hall–Kier alpha value is -1.69. The highest BCUT2D eigenvalue weighted by atomic mass is 16.5. The molecule has 1 aromatic heterocycles. The lowest BCUT2D eigenvalue weighted by molar-refractivity contribution is 0.0821. The van der Waals surface area contributed by atoms with E-state index in [2.05, 4.69) is 27.3 Å². The zero-order valence-corrected chi connectivity index (χ0v) is 14.4. The molecule has 24 heavy (non-hydrogen) atoms. The number of piperidine rings is 1. The fourth-order valence-electron chi connectivity index (χ4n) is 3.24. The second kappa shape index (κ2) is 8.42. The fraction of sp³-hybridized carbons (Fsp3) is 0.526. The van der Waals surface area contributed by atoms with E-state index < -0.39 is 0 Å². The minimum Gasteiger partial charge on any atom is -0.481 e. The summed E-state index contributed by atoms with van der Waals surface area (Å²) in [6.45, 7) is 4.86. The van der Waals surface area contributed by atoms with Crippen LogP contribution in [-0.4, -0.2) is 54.4 Å². The van der Waals surface area contributed by atoms with Gasteiger partial charge in [0, 0.05) is 30.6 Å². The second-order valence-corrected chi connectivity index (χ2v) is 6.45. The molecule has 0 saturated carbocycles. The van der Waals surface area contributed by atoms with Crippen LogP contribution >= 0.6 is 0 Å². The average Bonchev–Trinajstić information content (AvgIpc) is 2.62. The first-order valence-electron chi connectivity index (χ1n) is 8.80. The predicted molar refractivity (Wildman–Crippen MR) is 96.3 cm³/mol. The van der Waals surface area contributed by atoms with E-state index in [9.17, 15) is 5.11 Å². The number of aliphatic hydroxyl groups excluding tert-OH is 1. The first kappa shape index (κ1) is 17.1. The highest BCUT2D eigenvalue weighted by Gasteiger charge is 2.16. The maximum atomic E-state index is 9.53. The number of methoxy groups -OCH3 is 1. The predicted octanol–water partition coefficient (Wildman–Crippen LogP) is 2.18. The zero-order chi connectivity index (χ0) is 16.8. The van der Waals surface area contributed by atoms with E-state index in [1.807, 2.05) is 18.2 Å². The monoisotopic (exact) mass is 329 g/mol. The smallest absolute Gasteiger partial charge is 0.218 e. The lowest BCUT2D eigenvalue weighted by Gasteiger charge is -2.29. The van der Waals surface area contributed by atoms with Gasteiger partial charge >= 0.3 is 0 Å². The summed E-state index contributed by atoms with van der Waals surface area (Å²) < 4.78 is 5.43. The lowest BCUT2D eigenvalue weighted by Crippen LogP contribution is -2.37. The summed E-state index contributed by atoms with van der Waals surface area (Å²) in [5.74, 6) is 0.700. The van der Waals surface area contributed by atoms with Crippen molar-refractivity contribution in [2.45, 2.75) is 31.9 Å². The molecule has 2 N–H and O–H groups in total. The summed E-state index contributed by atoms with van der Waals surface area (Å²) in [6, 6.07) is 10.3. The molecular formula is C19H27N3O2. The van der Waals surface area contributed by atoms with Gasteiger partial charge in [0.15, 0.2) is 0 Å². The Kier molecular flexibility index (Phi) is 6.01. The van der Waals surface area contributed by atoms with Crippen molar-refractivity contribution in [3.05, 3.63) is 35.9 Å². The number of para-hydroxylation sites is 1. The van der Waals surface area contributed by atoms with E-state index in [1.54, 1.807) is 7.11 Å². The highest BCUT2D eigenvalue weighted by Crippen LogP contribution is 2.21. The molecule has 0 unspecified atom stereocenters. The molecule has 2 aromatic rings. The summed E-state index contributed by atoms with van der Waals surface area (Å²) in [6.07, 6.45) is 2.84. The van der Waals surface area contributed by atoms with Gasteiger partial charge in [0.05, 0.1) is 18.7 Å². The molecule has 0 radical (unpaired) electrons. The van der Waals surface area contributed by atoms with Crippen LogP contribution in [0.2, 0.25) is 0 Å². The van der Waals surface area contributed by atoms with Crippen molar-refractivity contribution in [2.24, 2.45) is 0 Å². The Morgan fingerprint density at radius 2 is 2.08 bits per heavy atom. The van der Waals surface area contributed by atoms with Crippen molar-refractivity contribution in [1.82, 2.24) is 15.2 Å². The SMILES string of the molecule is COc1nc2ccccc2cc1CNCCCN1CCC(O)CC1. The standard InChI is InChI=1S/C19H27N3O2/c1-24-19-16(13-15-5-2-3-6-18(15)21-19)14-20-9-4-10-22-11-7-17(23)8-12-22/h2-3,5-6,13,17,20,23H,4,7-12,14H2,1H3. The van der Waals surface area contributed by atoms with Gasteiger partial charge < -0.3 is 20.1 Å². The number of ether oxygens (including phenoxy) is 1. The van der Waals surface area contributed by atoms with Crippen molar-refractivity contribution < 1.29 is 9.84 Å². The van der Waals surface area contributed by atoms with E-state index in [0.29, 0.717) is 5.88 Å². The van der Waals surface area contributed by atoms with Crippen molar-refractivity contribution in [2.75, 3.05) is 33.3 Å². The van der Waals surface area contributed by atoms with E-state index in [4.69, 9.17) is 4.74 Å². The van der Waals surface area contributed by atoms with Crippen molar-refractivity contribution >= 4 is 10.9 Å². The number of pyridine rings is 1. The van der Waals surface area contributed by atoms with Gasteiger partial charge in [-0.1, -0.05) is 18.2 Å². The maximum absolute atomic E-state index is 9.53. The number of hydrogen-bond acceptors (Lipinski definition) is 5. The quantitative estimate of drug-likeness (QED) is 0.763. The molecule has 0 bridgehead atoms. The van der Waals surface area contributed by atoms with Gasteiger partial charge in [0.2, 0.25) is 5.88 Å². The van der Waals surface area contributed by atoms with Crippen LogP contribution in [0.3, 0.4) is 0 Å². The lowest BCUT2D eigenvalue weighted by atomic mass is 10.1. The molecular weight excluding hydrogens is 302 g/mol. The Labute approximate surface area is 143 Å². The number of nitrogens with zero attached hydrogens (tertiary/aromatic N) is 2. The van der Waals surface area contributed by atoms with E-state index in [-0.39, 0.29) is 6.10 Å². The number of benzene rings is 1. The molecule has 1 aliphatic heterocycles. The summed E-state index contributed by atoms with van der Waals surface area (Å²) in [5, 5.41) is 14.2. The van der Waals surface area contributed by atoms with E-state index in [0.717, 1.165) is 68.5 Å². The normalized spacial score (nSPS) is 16.6. The number of nitrogens with one attached hydrogen (secondary N) is 1. The molecule has 0 atom stereocenters. The van der Waals surface area contributed by atoms with Gasteiger partial charge in [-0.3, -0.25) is 0 Å². The molecule has 1 saturated heterocycles. The van der Waals surface area contributed by atoms with Crippen LogP contribution in [0.15, 0.2) is 30.3 Å². The molecule has 1 fully saturated rings. The van der Waals surface area contributed by atoms with Gasteiger partial charge in [-0.25, -0.2) is 4.98 Å². The average molecular weight is 329 g/mol. The van der Waals surface area contributed by atoms with Crippen molar-refractivity contribution in [3.8, 4) is 5.88 Å². The van der Waals surface area contributed by atoms with Gasteiger partial charge in [0.25, 0.3) is 0 Å². The van der Waals surface area contributed by atoms with E-state index in [1.165, 1.54) is 0 Å². The second-order valence-electron chi connectivity index (χ2n) is 6.45. The largest absolute Gasteiger partial charge is 0.481 e. The van der Waals surface area contributed by atoms with Gasteiger partial charge in [0.1, 0.15) is 0 Å². The molecule has 0 aliphatic carbocycles. The van der Waals surface area contributed by atoms with Crippen LogP contribution in [0, 0.1) is 0 Å². The third-order valence-corrected chi connectivity index (χ3v) is 4.66. The summed E-state index contributed by atoms with van der Waals surface area (Å²) >= 11 is 0. The van der Waals surface area contributed by atoms with Gasteiger partial charge in [-0.05, 0) is 44.5 Å². The van der Waals surface area contributed by atoms with Crippen LogP contribution in [0.1, 0.15) is 24.8 Å². The van der Waals surface area contributed by atoms with Crippen LogP contribution in [0.25, 0.3) is 10.9 Å². The van der Waals surface area contributed by atoms with Gasteiger partial charge in [-0.15, -0.1) is 0 Å². The molecule has 3 rings (SSSR count). The molecule has 0 amide bonds. The van der Waals surface area contributed by atoms with Crippen LogP contribution < -0.4 is 10.1 Å². The molecule has 0 spiro atoms. The molecule has 5 heteroatoms. The highest BCUT2D eigenvalue weighted by molar-refractivity contribution is 5.80. The van der Waals surface area contributed by atoms with Crippen molar-refractivity contribution in [1.29, 1.82) is 0 Å². The minimum absolute atomic E-state index is 0.0905. The number of aromatic nitrogens is 1. The summed E-state index contributed by atoms with van der Waals surface area (Å²) in [4.78, 5) is 7.02. The molecule has 5 nitrogen and oxygen atoms in total. The molecule has 130 valence electrons. The third kappa shape index (κ3) is 4.44. The van der Waals surface area contributed by atoms with E-state index >= 15 is 0 Å². The number of aliphatic hydroxyl groups is 1. The Balaban J connectivity index is 1.47. The Morgan fingerprint density at radius 1 is 1.29 bits per heavy atom. The Bertz CT molecular complexity index is 654. The molecule has 2 heterocycles. The van der Waals surface area contributed by atoms with Crippen LogP contribution in [0.5, 0.6) is 5.88 Å². The van der Waals surface area contributed by atoms with Crippen molar-refractivity contribution in [3.63, 3.8) is 0 Å². The third-order valence-electron chi connectivity index (χ3n) is 4.66. The number of fused-ring (bicyclic) bond motifs is 1. The Morgan fingerprint density at radius 3 is 2.88 bits per heavy atom. The number of rotatable bonds is 7. The van der Waals surface area contributed by atoms with Gasteiger partial charge in [-0.2, -0.15) is 0 Å². The topological polar surface area (TPSA) is 57.6 Å². The zero-order valence-electron chi connectivity index (χ0n) is 14.4. The minimum atomic E-state index is -0.0905. The summed E-state index contributed by atoms with van der Waals surface area (Å²) in [7, 11) is 1.67. The first-order valence-corrected chi connectivity index (χ1v) is 8.80. The number of hydrogen-bond donors (Lipinski definition) is 2. The van der Waals surface area contributed by atoms with Crippen LogP contribution in [-0.2, 0) is 6.54 Å². The molecule has 1 aromatic carbocycles. The maximum Gasteiger partial charge on any atom is 0.218 e. The number of likely N-dealkylation sites (tertiary alicyclic amines) is 1. The summed E-state index contributed by atoms with van der Waals surface area (Å²) in [5.41, 5.74) is 2.06. The first-order chi connectivity index (χ1) is 11.8. The molecule has 1 aliphatic rings. The van der Waals surface area contributed by atoms with Crippen LogP contribution in [0.4, 0.5) is 0 Å².